The molecule has 94 valence electrons. The van der Waals surface area contributed by atoms with Crippen LogP contribution in [0.15, 0.2) is 0 Å². The SMILES string of the molecule is N#CCC(=O)C1CCC(N2CCCC2)CNC1. The number of hydrogen-bond donors (Lipinski definition) is 1. The molecule has 2 saturated heterocycles. The lowest BCUT2D eigenvalue weighted by Gasteiger charge is -2.25. The van der Waals surface area contributed by atoms with Crippen molar-refractivity contribution in [2.45, 2.75) is 38.1 Å². The molecule has 0 saturated carbocycles. The molecule has 2 rings (SSSR count). The number of nitrogens with one attached hydrogen (secondary N) is 1. The van der Waals surface area contributed by atoms with Crippen molar-refractivity contribution in [2.75, 3.05) is 26.2 Å². The minimum absolute atomic E-state index is 0.0576. The van der Waals surface area contributed by atoms with Crippen LogP contribution in [0.2, 0.25) is 0 Å². The van der Waals surface area contributed by atoms with Gasteiger partial charge in [-0.1, -0.05) is 0 Å². The first-order valence-corrected chi connectivity index (χ1v) is 6.65. The Labute approximate surface area is 103 Å². The third-order valence-electron chi connectivity index (χ3n) is 3.98. The van der Waals surface area contributed by atoms with Gasteiger partial charge in [0, 0.05) is 25.0 Å². The smallest absolute Gasteiger partial charge is 0.151 e. The van der Waals surface area contributed by atoms with Gasteiger partial charge in [0.05, 0.1) is 12.5 Å². The number of carbonyl (C=O) groups excluding carboxylic acids is 1. The van der Waals surface area contributed by atoms with Crippen LogP contribution in [0.25, 0.3) is 0 Å². The molecular formula is C13H21N3O. The maximum atomic E-state index is 11.7. The van der Waals surface area contributed by atoms with Crippen LogP contribution >= 0.6 is 0 Å². The monoisotopic (exact) mass is 235 g/mol. The molecule has 2 unspecified atom stereocenters. The Kier molecular flexibility index (Phi) is 4.52. The molecule has 17 heavy (non-hydrogen) atoms. The van der Waals surface area contributed by atoms with Gasteiger partial charge in [0.1, 0.15) is 0 Å². The van der Waals surface area contributed by atoms with E-state index in [1.54, 1.807) is 0 Å². The fraction of sp³-hybridized carbons (Fsp3) is 0.846. The summed E-state index contributed by atoms with van der Waals surface area (Å²) in [7, 11) is 0. The minimum Gasteiger partial charge on any atom is -0.314 e. The Morgan fingerprint density at radius 1 is 1.29 bits per heavy atom. The van der Waals surface area contributed by atoms with Gasteiger partial charge in [-0.2, -0.15) is 5.26 Å². The number of hydrogen-bond acceptors (Lipinski definition) is 4. The Hall–Kier alpha value is -0.920. The molecule has 2 fully saturated rings. The van der Waals surface area contributed by atoms with E-state index in [9.17, 15) is 4.79 Å². The number of Topliss-reactive ketones (excluding diaryl/α,β-unsaturated/α-hetero) is 1. The molecule has 0 radical (unpaired) electrons. The van der Waals surface area contributed by atoms with Crippen molar-refractivity contribution in [3.63, 3.8) is 0 Å². The van der Waals surface area contributed by atoms with Crippen molar-refractivity contribution in [1.29, 1.82) is 5.26 Å². The fourth-order valence-corrected chi connectivity index (χ4v) is 2.94. The number of nitrogens with zero attached hydrogens (tertiary/aromatic N) is 2. The van der Waals surface area contributed by atoms with Crippen molar-refractivity contribution < 1.29 is 4.79 Å². The lowest BCUT2D eigenvalue weighted by Crippen LogP contribution is -2.39. The third kappa shape index (κ3) is 3.27. The molecule has 2 aliphatic rings. The zero-order valence-corrected chi connectivity index (χ0v) is 10.3. The summed E-state index contributed by atoms with van der Waals surface area (Å²) in [5.41, 5.74) is 0. The summed E-state index contributed by atoms with van der Waals surface area (Å²) in [6.07, 6.45) is 4.73. The molecule has 2 atom stereocenters. The molecule has 1 N–H and O–H groups in total. The second-order valence-corrected chi connectivity index (χ2v) is 5.13. The summed E-state index contributed by atoms with van der Waals surface area (Å²) in [4.78, 5) is 14.2. The van der Waals surface area contributed by atoms with E-state index in [1.165, 1.54) is 25.9 Å². The minimum atomic E-state index is 0.0576. The largest absolute Gasteiger partial charge is 0.314 e. The average molecular weight is 235 g/mol. The molecule has 4 nitrogen and oxygen atoms in total. The van der Waals surface area contributed by atoms with Gasteiger partial charge in [0.15, 0.2) is 5.78 Å². The van der Waals surface area contributed by atoms with Crippen molar-refractivity contribution in [1.82, 2.24) is 10.2 Å². The van der Waals surface area contributed by atoms with Gasteiger partial charge in [-0.25, -0.2) is 0 Å². The van der Waals surface area contributed by atoms with Crippen molar-refractivity contribution in [3.05, 3.63) is 0 Å². The van der Waals surface area contributed by atoms with E-state index in [1.807, 2.05) is 6.07 Å². The molecule has 2 heterocycles. The number of likely N-dealkylation sites (tertiary alicyclic amines) is 1. The summed E-state index contributed by atoms with van der Waals surface area (Å²) in [5.74, 6) is 0.171. The second kappa shape index (κ2) is 6.13. The standard InChI is InChI=1S/C13H21N3O/c14-6-5-13(17)11-3-4-12(10-15-9-11)16-7-1-2-8-16/h11-12,15H,1-5,7-10H2. The first-order valence-electron chi connectivity index (χ1n) is 6.65. The highest BCUT2D eigenvalue weighted by atomic mass is 16.1. The van der Waals surface area contributed by atoms with E-state index >= 15 is 0 Å². The van der Waals surface area contributed by atoms with Crippen molar-refractivity contribution >= 4 is 5.78 Å². The molecule has 0 aromatic rings. The van der Waals surface area contributed by atoms with Crippen LogP contribution in [0, 0.1) is 17.2 Å². The van der Waals surface area contributed by atoms with E-state index in [0.717, 1.165) is 25.9 Å². The van der Waals surface area contributed by atoms with Crippen LogP contribution in [-0.2, 0) is 4.79 Å². The predicted molar refractivity (Wildman–Crippen MR) is 65.4 cm³/mol. The summed E-state index contributed by atoms with van der Waals surface area (Å²) < 4.78 is 0. The topological polar surface area (TPSA) is 56.1 Å². The quantitative estimate of drug-likeness (QED) is 0.790. The fourth-order valence-electron chi connectivity index (χ4n) is 2.94. The molecule has 0 aromatic carbocycles. The van der Waals surface area contributed by atoms with Crippen LogP contribution in [0.1, 0.15) is 32.1 Å². The Morgan fingerprint density at radius 2 is 2.06 bits per heavy atom. The van der Waals surface area contributed by atoms with E-state index in [-0.39, 0.29) is 18.1 Å². The van der Waals surface area contributed by atoms with Gasteiger partial charge in [-0.15, -0.1) is 0 Å². The lowest BCUT2D eigenvalue weighted by atomic mass is 9.95. The molecule has 4 heteroatoms. The van der Waals surface area contributed by atoms with Gasteiger partial charge in [0.2, 0.25) is 0 Å². The molecule has 2 aliphatic heterocycles. The van der Waals surface area contributed by atoms with Gasteiger partial charge in [-0.05, 0) is 38.8 Å². The van der Waals surface area contributed by atoms with E-state index in [2.05, 4.69) is 10.2 Å². The highest BCUT2D eigenvalue weighted by Gasteiger charge is 2.27. The second-order valence-electron chi connectivity index (χ2n) is 5.13. The average Bonchev–Trinajstić information content (AvgIpc) is 2.74. The normalized spacial score (nSPS) is 30.8. The maximum Gasteiger partial charge on any atom is 0.151 e. The molecule has 0 aliphatic carbocycles. The molecule has 0 aromatic heterocycles. The summed E-state index contributed by atoms with van der Waals surface area (Å²) in [5, 5.41) is 12.0. The highest BCUT2D eigenvalue weighted by Crippen LogP contribution is 2.20. The Morgan fingerprint density at radius 3 is 2.76 bits per heavy atom. The first-order chi connectivity index (χ1) is 8.31. The van der Waals surface area contributed by atoms with Crippen molar-refractivity contribution in [3.8, 4) is 6.07 Å². The van der Waals surface area contributed by atoms with E-state index in [0.29, 0.717) is 6.04 Å². The van der Waals surface area contributed by atoms with Gasteiger partial charge >= 0.3 is 0 Å². The lowest BCUT2D eigenvalue weighted by molar-refractivity contribution is -0.121. The molecular weight excluding hydrogens is 214 g/mol. The molecule has 0 spiro atoms. The van der Waals surface area contributed by atoms with Gasteiger partial charge < -0.3 is 5.32 Å². The van der Waals surface area contributed by atoms with Crippen LogP contribution < -0.4 is 5.32 Å². The highest BCUT2D eigenvalue weighted by molar-refractivity contribution is 5.83. The maximum absolute atomic E-state index is 11.7. The van der Waals surface area contributed by atoms with Crippen molar-refractivity contribution in [2.24, 2.45) is 5.92 Å². The Balaban J connectivity index is 1.84. The number of carbonyl (C=O) groups is 1. The van der Waals surface area contributed by atoms with Crippen LogP contribution in [0.3, 0.4) is 0 Å². The predicted octanol–water partition coefficient (Wildman–Crippen LogP) is 0.933. The number of nitriles is 1. The molecule has 0 bridgehead atoms. The number of rotatable bonds is 3. The zero-order valence-electron chi connectivity index (χ0n) is 10.3. The van der Waals surface area contributed by atoms with Crippen LogP contribution in [0.5, 0.6) is 0 Å². The summed E-state index contributed by atoms with van der Waals surface area (Å²) >= 11 is 0. The first kappa shape index (κ1) is 12.5. The van der Waals surface area contributed by atoms with Crippen LogP contribution in [0.4, 0.5) is 0 Å². The Bertz CT molecular complexity index is 304. The van der Waals surface area contributed by atoms with Crippen LogP contribution in [-0.4, -0.2) is 42.9 Å². The van der Waals surface area contributed by atoms with Gasteiger partial charge in [-0.3, -0.25) is 9.69 Å². The summed E-state index contributed by atoms with van der Waals surface area (Å²) in [6.45, 7) is 4.17. The van der Waals surface area contributed by atoms with E-state index in [4.69, 9.17) is 5.26 Å². The number of ketones is 1. The zero-order chi connectivity index (χ0) is 12.1. The summed E-state index contributed by atoms with van der Waals surface area (Å²) in [6, 6.07) is 2.56. The van der Waals surface area contributed by atoms with E-state index < -0.39 is 0 Å². The van der Waals surface area contributed by atoms with Gasteiger partial charge in [0.25, 0.3) is 0 Å². The third-order valence-corrected chi connectivity index (χ3v) is 3.98. The molecule has 0 amide bonds.